The molecule has 0 spiro atoms. The molecule has 12 heavy (non-hydrogen) atoms. The summed E-state index contributed by atoms with van der Waals surface area (Å²) in [6.45, 7) is 3.95. The van der Waals surface area contributed by atoms with Gasteiger partial charge in [-0.2, -0.15) is 0 Å². The van der Waals surface area contributed by atoms with Gasteiger partial charge in [0.25, 0.3) is 0 Å². The Balaban J connectivity index is 2.99. The van der Waals surface area contributed by atoms with Gasteiger partial charge in [-0.05, 0) is 0 Å². The van der Waals surface area contributed by atoms with E-state index in [4.69, 9.17) is 0 Å². The van der Waals surface area contributed by atoms with Crippen LogP contribution in [0.1, 0.15) is 25.6 Å². The summed E-state index contributed by atoms with van der Waals surface area (Å²) < 4.78 is 5.98. The van der Waals surface area contributed by atoms with Gasteiger partial charge >= 0.3 is 6.09 Å². The lowest BCUT2D eigenvalue weighted by molar-refractivity contribution is 0.171. The maximum atomic E-state index is 11.1. The number of aromatic nitrogens is 2. The quantitative estimate of drug-likeness (QED) is 0.640. The summed E-state index contributed by atoms with van der Waals surface area (Å²) in [7, 11) is 1.35. The van der Waals surface area contributed by atoms with Gasteiger partial charge < -0.3 is 4.74 Å². The SMILES string of the molecule is COC(=O)n1ccnc1C(C)C. The molecule has 66 valence electrons. The van der Waals surface area contributed by atoms with E-state index in [9.17, 15) is 4.79 Å². The fourth-order valence-electron chi connectivity index (χ4n) is 0.995. The molecule has 0 bridgehead atoms. The maximum absolute atomic E-state index is 11.1. The Kier molecular flexibility index (Phi) is 2.47. The van der Waals surface area contributed by atoms with Gasteiger partial charge in [-0.15, -0.1) is 0 Å². The van der Waals surface area contributed by atoms with Crippen LogP contribution in [0.3, 0.4) is 0 Å². The molecule has 0 radical (unpaired) electrons. The summed E-state index contributed by atoms with van der Waals surface area (Å²) in [5.74, 6) is 0.945. The maximum Gasteiger partial charge on any atom is 0.419 e. The average molecular weight is 168 g/mol. The molecule has 0 aliphatic heterocycles. The number of carbonyl (C=O) groups excluding carboxylic acids is 1. The molecule has 0 aromatic carbocycles. The number of imidazole rings is 1. The van der Waals surface area contributed by atoms with E-state index >= 15 is 0 Å². The predicted octanol–water partition coefficient (Wildman–Crippen LogP) is 1.62. The van der Waals surface area contributed by atoms with Crippen LogP contribution >= 0.6 is 0 Å². The van der Waals surface area contributed by atoms with Crippen LogP contribution < -0.4 is 0 Å². The van der Waals surface area contributed by atoms with Crippen LogP contribution in [-0.4, -0.2) is 22.8 Å². The molecule has 0 N–H and O–H groups in total. The molecular weight excluding hydrogens is 156 g/mol. The second kappa shape index (κ2) is 3.38. The predicted molar refractivity (Wildman–Crippen MR) is 44.1 cm³/mol. The molecule has 4 nitrogen and oxygen atoms in total. The van der Waals surface area contributed by atoms with E-state index in [-0.39, 0.29) is 5.92 Å². The Morgan fingerprint density at radius 2 is 2.33 bits per heavy atom. The number of nitrogens with zero attached hydrogens (tertiary/aromatic N) is 2. The van der Waals surface area contributed by atoms with Crippen LogP contribution in [0.15, 0.2) is 12.4 Å². The summed E-state index contributed by atoms with van der Waals surface area (Å²) in [5, 5.41) is 0. The molecule has 1 aromatic heterocycles. The molecule has 4 heteroatoms. The fourth-order valence-corrected chi connectivity index (χ4v) is 0.995. The monoisotopic (exact) mass is 168 g/mol. The third-order valence-electron chi connectivity index (χ3n) is 1.56. The highest BCUT2D eigenvalue weighted by Crippen LogP contribution is 2.11. The van der Waals surface area contributed by atoms with Crippen LogP contribution in [0.5, 0.6) is 0 Å². The summed E-state index contributed by atoms with van der Waals surface area (Å²) in [4.78, 5) is 15.1. The van der Waals surface area contributed by atoms with E-state index in [1.807, 2.05) is 13.8 Å². The van der Waals surface area contributed by atoms with Crippen molar-refractivity contribution >= 4 is 6.09 Å². The number of hydrogen-bond acceptors (Lipinski definition) is 3. The molecule has 0 aliphatic carbocycles. The van der Waals surface area contributed by atoms with E-state index in [0.29, 0.717) is 0 Å². The molecule has 0 unspecified atom stereocenters. The molecule has 0 saturated heterocycles. The minimum atomic E-state index is -0.392. The molecule has 1 aromatic rings. The van der Waals surface area contributed by atoms with Gasteiger partial charge in [0.15, 0.2) is 0 Å². The normalized spacial score (nSPS) is 10.3. The third-order valence-corrected chi connectivity index (χ3v) is 1.56. The Bertz CT molecular complexity index is 278. The first-order valence-corrected chi connectivity index (χ1v) is 3.78. The Morgan fingerprint density at radius 1 is 1.67 bits per heavy atom. The first-order chi connectivity index (χ1) is 5.66. The van der Waals surface area contributed by atoms with Gasteiger partial charge in [-0.3, -0.25) is 0 Å². The number of hydrogen-bond donors (Lipinski definition) is 0. The second-order valence-electron chi connectivity index (χ2n) is 2.78. The van der Waals surface area contributed by atoms with Gasteiger partial charge in [0.1, 0.15) is 5.82 Å². The molecule has 0 aliphatic rings. The third kappa shape index (κ3) is 1.47. The highest BCUT2D eigenvalue weighted by Gasteiger charge is 2.12. The zero-order valence-corrected chi connectivity index (χ0v) is 7.44. The molecule has 0 atom stereocenters. The van der Waals surface area contributed by atoms with E-state index in [2.05, 4.69) is 9.72 Å². The number of ether oxygens (including phenoxy) is 1. The van der Waals surface area contributed by atoms with Crippen molar-refractivity contribution in [1.29, 1.82) is 0 Å². The van der Waals surface area contributed by atoms with Crippen LogP contribution in [0.2, 0.25) is 0 Å². The van der Waals surface area contributed by atoms with Crippen molar-refractivity contribution in [2.75, 3.05) is 7.11 Å². The Hall–Kier alpha value is -1.32. The van der Waals surface area contributed by atoms with Crippen molar-refractivity contribution in [2.45, 2.75) is 19.8 Å². The van der Waals surface area contributed by atoms with Gasteiger partial charge in [-0.1, -0.05) is 13.8 Å². The number of rotatable bonds is 1. The number of carbonyl (C=O) groups is 1. The topological polar surface area (TPSA) is 44.1 Å². The average Bonchev–Trinajstić information content (AvgIpc) is 2.50. The lowest BCUT2D eigenvalue weighted by Crippen LogP contribution is -2.14. The molecular formula is C8H12N2O2. The highest BCUT2D eigenvalue weighted by atomic mass is 16.5. The molecule has 1 rings (SSSR count). The Morgan fingerprint density at radius 3 is 2.83 bits per heavy atom. The van der Waals surface area contributed by atoms with Crippen molar-refractivity contribution in [1.82, 2.24) is 9.55 Å². The number of methoxy groups -OCH3 is 1. The smallest absolute Gasteiger partial charge is 0.419 e. The standard InChI is InChI=1S/C8H12N2O2/c1-6(2)7-9-4-5-10(7)8(11)12-3/h4-6H,1-3H3. The first-order valence-electron chi connectivity index (χ1n) is 3.78. The minimum absolute atomic E-state index is 0.221. The van der Waals surface area contributed by atoms with Gasteiger partial charge in [0, 0.05) is 18.3 Å². The van der Waals surface area contributed by atoms with Crippen molar-refractivity contribution in [3.63, 3.8) is 0 Å². The molecule has 0 amide bonds. The molecule has 0 saturated carbocycles. The second-order valence-corrected chi connectivity index (χ2v) is 2.78. The summed E-state index contributed by atoms with van der Waals surface area (Å²) in [6, 6.07) is 0. The van der Waals surface area contributed by atoms with E-state index in [0.717, 1.165) is 5.82 Å². The lowest BCUT2D eigenvalue weighted by atomic mass is 10.2. The van der Waals surface area contributed by atoms with Crippen LogP contribution in [-0.2, 0) is 4.74 Å². The van der Waals surface area contributed by atoms with Crippen molar-refractivity contribution < 1.29 is 9.53 Å². The van der Waals surface area contributed by atoms with Crippen molar-refractivity contribution in [3.05, 3.63) is 18.2 Å². The van der Waals surface area contributed by atoms with E-state index in [1.165, 1.54) is 11.7 Å². The van der Waals surface area contributed by atoms with Crippen LogP contribution in [0, 0.1) is 0 Å². The van der Waals surface area contributed by atoms with E-state index in [1.54, 1.807) is 12.4 Å². The van der Waals surface area contributed by atoms with Crippen LogP contribution in [0.4, 0.5) is 4.79 Å². The molecule has 0 fully saturated rings. The van der Waals surface area contributed by atoms with Gasteiger partial charge in [-0.25, -0.2) is 14.3 Å². The zero-order chi connectivity index (χ0) is 9.14. The Labute approximate surface area is 71.2 Å². The van der Waals surface area contributed by atoms with Crippen LogP contribution in [0.25, 0.3) is 0 Å². The van der Waals surface area contributed by atoms with E-state index < -0.39 is 6.09 Å². The largest absolute Gasteiger partial charge is 0.452 e. The molecule has 1 heterocycles. The summed E-state index contributed by atoms with van der Waals surface area (Å²) in [6.07, 6.45) is 2.80. The first kappa shape index (κ1) is 8.77. The van der Waals surface area contributed by atoms with Crippen molar-refractivity contribution in [2.24, 2.45) is 0 Å². The van der Waals surface area contributed by atoms with Gasteiger partial charge in [0.05, 0.1) is 7.11 Å². The van der Waals surface area contributed by atoms with Crippen molar-refractivity contribution in [3.8, 4) is 0 Å². The summed E-state index contributed by atoms with van der Waals surface area (Å²) >= 11 is 0. The fraction of sp³-hybridized carbons (Fsp3) is 0.500. The minimum Gasteiger partial charge on any atom is -0.452 e. The highest BCUT2D eigenvalue weighted by molar-refractivity contribution is 5.70. The summed E-state index contributed by atoms with van der Waals surface area (Å²) in [5.41, 5.74) is 0. The zero-order valence-electron chi connectivity index (χ0n) is 7.44. The lowest BCUT2D eigenvalue weighted by Gasteiger charge is -2.06. The van der Waals surface area contributed by atoms with Gasteiger partial charge in [0.2, 0.25) is 0 Å².